The molecule has 0 saturated heterocycles. The second-order valence-corrected chi connectivity index (χ2v) is 8.67. The summed E-state index contributed by atoms with van der Waals surface area (Å²) in [7, 11) is 0. The van der Waals surface area contributed by atoms with E-state index < -0.39 is 6.09 Å². The van der Waals surface area contributed by atoms with Gasteiger partial charge in [-0.1, -0.05) is 57.2 Å². The summed E-state index contributed by atoms with van der Waals surface area (Å²) in [6.45, 7) is 7.03. The molecule has 0 N–H and O–H groups in total. The van der Waals surface area contributed by atoms with Crippen molar-refractivity contribution in [3.8, 4) is 11.1 Å². The summed E-state index contributed by atoms with van der Waals surface area (Å²) in [5, 5.41) is 0.988. The number of benzene rings is 2. The van der Waals surface area contributed by atoms with Crippen LogP contribution in [0.15, 0.2) is 73.1 Å². The summed E-state index contributed by atoms with van der Waals surface area (Å²) < 4.78 is 5.64. The first-order valence-corrected chi connectivity index (χ1v) is 11.7. The molecule has 0 fully saturated rings. The highest BCUT2D eigenvalue weighted by Crippen LogP contribution is 2.27. The third-order valence-corrected chi connectivity index (χ3v) is 5.71. The van der Waals surface area contributed by atoms with Crippen molar-refractivity contribution in [3.63, 3.8) is 0 Å². The first kappa shape index (κ1) is 23.4. The fraction of sp³-hybridized carbons (Fsp3) is 0.286. The molecule has 6 nitrogen and oxygen atoms in total. The van der Waals surface area contributed by atoms with Gasteiger partial charge in [0.05, 0.1) is 11.2 Å². The van der Waals surface area contributed by atoms with Gasteiger partial charge in [-0.3, -0.25) is 4.98 Å². The number of nitrogens with zero attached hydrogens (tertiary/aromatic N) is 4. The van der Waals surface area contributed by atoms with Crippen LogP contribution < -0.4 is 4.90 Å². The van der Waals surface area contributed by atoms with Crippen LogP contribution in [0.2, 0.25) is 0 Å². The quantitative estimate of drug-likeness (QED) is 0.306. The van der Waals surface area contributed by atoms with Crippen LogP contribution in [0.4, 0.5) is 10.7 Å². The maximum atomic E-state index is 13.1. The van der Waals surface area contributed by atoms with Crippen molar-refractivity contribution in [1.29, 1.82) is 0 Å². The molecular weight excluding hydrogens is 424 g/mol. The Kier molecular flexibility index (Phi) is 7.48. The molecule has 0 aliphatic rings. The van der Waals surface area contributed by atoms with Gasteiger partial charge in [-0.2, -0.15) is 0 Å². The fourth-order valence-electron chi connectivity index (χ4n) is 3.75. The predicted molar refractivity (Wildman–Crippen MR) is 136 cm³/mol. The molecule has 1 amide bonds. The minimum absolute atomic E-state index is 0.210. The van der Waals surface area contributed by atoms with E-state index in [0.717, 1.165) is 46.1 Å². The predicted octanol–water partition coefficient (Wildman–Crippen LogP) is 6.44. The number of carbonyl (C=O) groups is 1. The first-order chi connectivity index (χ1) is 16.5. The lowest BCUT2D eigenvalue weighted by Gasteiger charge is -2.22. The zero-order valence-electron chi connectivity index (χ0n) is 19.9. The first-order valence-electron chi connectivity index (χ1n) is 11.7. The van der Waals surface area contributed by atoms with Crippen LogP contribution in [0.1, 0.15) is 38.4 Å². The maximum absolute atomic E-state index is 13.1. The third kappa shape index (κ3) is 5.57. The van der Waals surface area contributed by atoms with Crippen molar-refractivity contribution >= 4 is 22.9 Å². The Hall–Kier alpha value is -3.80. The van der Waals surface area contributed by atoms with Crippen molar-refractivity contribution in [2.75, 3.05) is 11.4 Å². The molecule has 0 saturated carbocycles. The van der Waals surface area contributed by atoms with Crippen LogP contribution in [-0.2, 0) is 17.8 Å². The molecule has 0 aliphatic carbocycles. The highest BCUT2D eigenvalue weighted by atomic mass is 16.6. The molecule has 0 aliphatic heterocycles. The lowest BCUT2D eigenvalue weighted by molar-refractivity contribution is 0.146. The van der Waals surface area contributed by atoms with Crippen LogP contribution in [-0.4, -0.2) is 27.6 Å². The molecule has 2 aromatic carbocycles. The number of aromatic nitrogens is 3. The number of anilines is 1. The average molecular weight is 455 g/mol. The van der Waals surface area contributed by atoms with E-state index in [4.69, 9.17) is 14.7 Å². The van der Waals surface area contributed by atoms with Gasteiger partial charge >= 0.3 is 6.09 Å². The number of hydrogen-bond donors (Lipinski definition) is 0. The summed E-state index contributed by atoms with van der Waals surface area (Å²) >= 11 is 0. The number of rotatable bonds is 8. The molecule has 4 aromatic rings. The minimum atomic E-state index is -0.431. The van der Waals surface area contributed by atoms with E-state index in [0.29, 0.717) is 18.4 Å². The van der Waals surface area contributed by atoms with Crippen LogP contribution in [0.25, 0.3) is 22.0 Å². The van der Waals surface area contributed by atoms with Gasteiger partial charge in [-0.15, -0.1) is 0 Å². The number of ether oxygens (including phenoxy) is 1. The Morgan fingerprint density at radius 2 is 1.74 bits per heavy atom. The van der Waals surface area contributed by atoms with Crippen molar-refractivity contribution in [2.45, 2.75) is 40.2 Å². The molecule has 0 atom stereocenters. The van der Waals surface area contributed by atoms with Gasteiger partial charge in [0.2, 0.25) is 5.95 Å². The zero-order valence-corrected chi connectivity index (χ0v) is 19.9. The fourth-order valence-corrected chi connectivity index (χ4v) is 3.75. The number of aryl methyl sites for hydroxylation is 1. The van der Waals surface area contributed by atoms with Crippen molar-refractivity contribution in [3.05, 3.63) is 84.3 Å². The Balaban J connectivity index is 1.66. The standard InChI is InChI=1S/C28H30N4O2/c1-4-25-24-18-23(22-12-15-29-16-13-22)10-11-26(24)31-27(30-25)32(17-14-20(2)3)28(33)34-19-21-8-6-5-7-9-21/h5-13,15-16,18,20H,4,14,17,19H2,1-3H3. The highest BCUT2D eigenvalue weighted by Gasteiger charge is 2.22. The second kappa shape index (κ2) is 10.9. The van der Waals surface area contributed by atoms with Gasteiger partial charge < -0.3 is 4.74 Å². The largest absolute Gasteiger partial charge is 0.444 e. The molecule has 0 bridgehead atoms. The normalized spacial score (nSPS) is 11.1. The number of hydrogen-bond acceptors (Lipinski definition) is 5. The van der Waals surface area contributed by atoms with E-state index in [9.17, 15) is 4.79 Å². The van der Waals surface area contributed by atoms with E-state index >= 15 is 0 Å². The van der Waals surface area contributed by atoms with Gasteiger partial charge in [0, 0.05) is 24.3 Å². The summed E-state index contributed by atoms with van der Waals surface area (Å²) in [6.07, 6.45) is 4.69. The summed E-state index contributed by atoms with van der Waals surface area (Å²) in [4.78, 5) is 28.4. The molecule has 34 heavy (non-hydrogen) atoms. The number of amides is 1. The van der Waals surface area contributed by atoms with E-state index in [1.807, 2.05) is 54.6 Å². The summed E-state index contributed by atoms with van der Waals surface area (Å²) in [5.74, 6) is 0.818. The van der Waals surface area contributed by atoms with Gasteiger partial charge in [-0.05, 0) is 59.7 Å². The third-order valence-electron chi connectivity index (χ3n) is 5.71. The maximum Gasteiger partial charge on any atom is 0.417 e. The highest BCUT2D eigenvalue weighted by molar-refractivity contribution is 5.90. The second-order valence-electron chi connectivity index (χ2n) is 8.67. The van der Waals surface area contributed by atoms with Crippen LogP contribution in [0.5, 0.6) is 0 Å². The topological polar surface area (TPSA) is 68.2 Å². The van der Waals surface area contributed by atoms with Crippen molar-refractivity contribution < 1.29 is 9.53 Å². The average Bonchev–Trinajstić information content (AvgIpc) is 2.87. The Morgan fingerprint density at radius 1 is 0.971 bits per heavy atom. The molecule has 174 valence electrons. The number of fused-ring (bicyclic) bond motifs is 1. The Morgan fingerprint density at radius 3 is 2.44 bits per heavy atom. The van der Waals surface area contributed by atoms with Gasteiger partial charge in [0.25, 0.3) is 0 Å². The number of carbonyl (C=O) groups excluding carboxylic acids is 1. The molecule has 6 heteroatoms. The zero-order chi connectivity index (χ0) is 23.9. The van der Waals surface area contributed by atoms with E-state index in [-0.39, 0.29) is 6.61 Å². The lowest BCUT2D eigenvalue weighted by Crippen LogP contribution is -2.34. The molecule has 0 spiro atoms. The molecule has 0 radical (unpaired) electrons. The van der Waals surface area contributed by atoms with E-state index in [1.165, 1.54) is 0 Å². The molecule has 4 rings (SSSR count). The van der Waals surface area contributed by atoms with Gasteiger partial charge in [-0.25, -0.2) is 19.7 Å². The number of pyridine rings is 1. The summed E-state index contributed by atoms with van der Waals surface area (Å²) in [6, 6.07) is 19.8. The van der Waals surface area contributed by atoms with Crippen LogP contribution in [0.3, 0.4) is 0 Å². The monoisotopic (exact) mass is 454 g/mol. The van der Waals surface area contributed by atoms with E-state index in [2.05, 4.69) is 31.8 Å². The summed E-state index contributed by atoms with van der Waals surface area (Å²) in [5.41, 5.74) is 4.83. The Labute approximate surface area is 200 Å². The van der Waals surface area contributed by atoms with Crippen LogP contribution in [0, 0.1) is 5.92 Å². The molecule has 2 heterocycles. The van der Waals surface area contributed by atoms with Gasteiger partial charge in [0.15, 0.2) is 0 Å². The molecular formula is C28H30N4O2. The molecule has 0 unspecified atom stereocenters. The van der Waals surface area contributed by atoms with E-state index in [1.54, 1.807) is 17.3 Å². The smallest absolute Gasteiger partial charge is 0.417 e. The Bertz CT molecular complexity index is 1240. The van der Waals surface area contributed by atoms with Crippen molar-refractivity contribution in [2.24, 2.45) is 5.92 Å². The lowest BCUT2D eigenvalue weighted by atomic mass is 10.0. The van der Waals surface area contributed by atoms with Crippen molar-refractivity contribution in [1.82, 2.24) is 15.0 Å². The molecule has 2 aromatic heterocycles. The van der Waals surface area contributed by atoms with Crippen LogP contribution >= 0.6 is 0 Å². The minimum Gasteiger partial charge on any atom is -0.444 e. The van der Waals surface area contributed by atoms with Gasteiger partial charge in [0.1, 0.15) is 6.61 Å². The SMILES string of the molecule is CCc1nc(N(CCC(C)C)C(=O)OCc2ccccc2)nc2ccc(-c3ccncc3)cc12.